The summed E-state index contributed by atoms with van der Waals surface area (Å²) >= 11 is 1.43. The van der Waals surface area contributed by atoms with Crippen LogP contribution in [0.4, 0.5) is 0 Å². The topological polar surface area (TPSA) is 39.2 Å². The molecule has 0 spiro atoms. The van der Waals surface area contributed by atoms with Gasteiger partial charge in [0.25, 0.3) is 0 Å². The predicted octanol–water partition coefficient (Wildman–Crippen LogP) is 2.83. The number of ether oxygens (including phenoxy) is 1. The molecule has 0 aliphatic rings. The zero-order valence-corrected chi connectivity index (χ0v) is 10.6. The van der Waals surface area contributed by atoms with Crippen LogP contribution in [0.3, 0.4) is 0 Å². The van der Waals surface area contributed by atoms with Crippen molar-refractivity contribution in [3.8, 4) is 0 Å². The second kappa shape index (κ2) is 5.10. The number of hydrogen-bond donors (Lipinski definition) is 0. The summed E-state index contributed by atoms with van der Waals surface area (Å²) in [5.74, 6) is -0.269. The van der Waals surface area contributed by atoms with Gasteiger partial charge in [0, 0.05) is 18.3 Å². The van der Waals surface area contributed by atoms with Crippen LogP contribution < -0.4 is 0 Å². The summed E-state index contributed by atoms with van der Waals surface area (Å²) in [5.41, 5.74) is 3.08. The minimum atomic E-state index is -0.269. The molecule has 0 N–H and O–H groups in total. The smallest absolute Gasteiger partial charge is 0.348 e. The maximum absolute atomic E-state index is 11.6. The number of carbonyl (C=O) groups is 1. The molecule has 2 aromatic heterocycles. The summed E-state index contributed by atoms with van der Waals surface area (Å²) in [5, 5.41) is 1.98. The summed E-state index contributed by atoms with van der Waals surface area (Å²) in [7, 11) is 1.40. The number of methoxy groups -OCH3 is 1. The third kappa shape index (κ3) is 2.53. The molecule has 17 heavy (non-hydrogen) atoms. The van der Waals surface area contributed by atoms with Gasteiger partial charge in [0.05, 0.1) is 7.11 Å². The molecule has 0 atom stereocenters. The summed E-state index contributed by atoms with van der Waals surface area (Å²) in [4.78, 5) is 16.6. The Labute approximate surface area is 104 Å². The first-order valence-corrected chi connectivity index (χ1v) is 6.15. The Kier molecular flexibility index (Phi) is 3.54. The molecule has 0 amide bonds. The maximum atomic E-state index is 11.6. The maximum Gasteiger partial charge on any atom is 0.348 e. The standard InChI is InChI=1S/C13H13NO2S/c1-9-8-17-12(13(15)16-2)11(9)7-10-5-3-4-6-14-10/h3-6,8H,7H2,1-2H3. The van der Waals surface area contributed by atoms with Gasteiger partial charge >= 0.3 is 5.97 Å². The number of pyridine rings is 1. The lowest BCUT2D eigenvalue weighted by Crippen LogP contribution is -2.04. The van der Waals surface area contributed by atoms with E-state index in [2.05, 4.69) is 4.98 Å². The number of aryl methyl sites for hydroxylation is 1. The number of nitrogens with zero attached hydrogens (tertiary/aromatic N) is 1. The fourth-order valence-electron chi connectivity index (χ4n) is 1.64. The van der Waals surface area contributed by atoms with E-state index in [-0.39, 0.29) is 5.97 Å². The van der Waals surface area contributed by atoms with Gasteiger partial charge in [-0.05, 0) is 35.6 Å². The van der Waals surface area contributed by atoms with Crippen LogP contribution in [-0.2, 0) is 11.2 Å². The highest BCUT2D eigenvalue weighted by molar-refractivity contribution is 7.12. The van der Waals surface area contributed by atoms with Crippen molar-refractivity contribution in [2.24, 2.45) is 0 Å². The van der Waals surface area contributed by atoms with Crippen LogP contribution in [0.2, 0.25) is 0 Å². The Morgan fingerprint density at radius 2 is 2.29 bits per heavy atom. The highest BCUT2D eigenvalue weighted by Gasteiger charge is 2.16. The molecule has 0 aliphatic carbocycles. The van der Waals surface area contributed by atoms with E-state index in [4.69, 9.17) is 4.74 Å². The molecule has 88 valence electrons. The van der Waals surface area contributed by atoms with Gasteiger partial charge in [0.1, 0.15) is 4.88 Å². The van der Waals surface area contributed by atoms with E-state index in [1.807, 2.05) is 30.5 Å². The monoisotopic (exact) mass is 247 g/mol. The van der Waals surface area contributed by atoms with Crippen molar-refractivity contribution in [1.82, 2.24) is 4.98 Å². The first-order valence-electron chi connectivity index (χ1n) is 5.27. The highest BCUT2D eigenvalue weighted by atomic mass is 32.1. The molecule has 2 rings (SSSR count). The van der Waals surface area contributed by atoms with E-state index in [9.17, 15) is 4.79 Å². The van der Waals surface area contributed by atoms with Crippen LogP contribution in [0.5, 0.6) is 0 Å². The summed E-state index contributed by atoms with van der Waals surface area (Å²) in [6.45, 7) is 2.00. The van der Waals surface area contributed by atoms with Gasteiger partial charge < -0.3 is 4.74 Å². The second-order valence-electron chi connectivity index (χ2n) is 3.72. The Hall–Kier alpha value is -1.68. The van der Waals surface area contributed by atoms with Crippen LogP contribution in [0.1, 0.15) is 26.5 Å². The molecule has 0 saturated heterocycles. The van der Waals surface area contributed by atoms with Crippen molar-refractivity contribution < 1.29 is 9.53 Å². The fourth-order valence-corrected chi connectivity index (χ4v) is 2.63. The number of carbonyl (C=O) groups excluding carboxylic acids is 1. The first-order chi connectivity index (χ1) is 8.22. The van der Waals surface area contributed by atoms with Gasteiger partial charge in [-0.25, -0.2) is 4.79 Å². The third-order valence-electron chi connectivity index (χ3n) is 2.56. The Morgan fingerprint density at radius 3 is 2.94 bits per heavy atom. The van der Waals surface area contributed by atoms with Gasteiger partial charge in [0.15, 0.2) is 0 Å². The van der Waals surface area contributed by atoms with Crippen LogP contribution in [-0.4, -0.2) is 18.1 Å². The van der Waals surface area contributed by atoms with E-state index < -0.39 is 0 Å². The van der Waals surface area contributed by atoms with Crippen LogP contribution >= 0.6 is 11.3 Å². The summed E-state index contributed by atoms with van der Waals surface area (Å²) in [6, 6.07) is 5.78. The average Bonchev–Trinajstić information content (AvgIpc) is 2.72. The number of esters is 1. The minimum absolute atomic E-state index is 0.269. The number of thiophene rings is 1. The second-order valence-corrected chi connectivity index (χ2v) is 4.60. The van der Waals surface area contributed by atoms with Crippen molar-refractivity contribution in [3.05, 3.63) is 51.5 Å². The van der Waals surface area contributed by atoms with Crippen molar-refractivity contribution >= 4 is 17.3 Å². The first kappa shape index (κ1) is 11.8. The molecule has 2 aromatic rings. The zero-order chi connectivity index (χ0) is 12.3. The SMILES string of the molecule is COC(=O)c1scc(C)c1Cc1ccccn1. The largest absolute Gasteiger partial charge is 0.465 e. The average molecular weight is 247 g/mol. The molecule has 4 heteroatoms. The quantitative estimate of drug-likeness (QED) is 0.783. The normalized spacial score (nSPS) is 10.2. The van der Waals surface area contributed by atoms with E-state index in [1.165, 1.54) is 18.4 Å². The minimum Gasteiger partial charge on any atom is -0.465 e. The molecule has 0 aliphatic heterocycles. The van der Waals surface area contributed by atoms with Crippen molar-refractivity contribution in [2.75, 3.05) is 7.11 Å². The van der Waals surface area contributed by atoms with E-state index in [0.717, 1.165) is 16.8 Å². The predicted molar refractivity (Wildman–Crippen MR) is 67.4 cm³/mol. The summed E-state index contributed by atoms with van der Waals surface area (Å²) < 4.78 is 4.78. The number of aromatic nitrogens is 1. The molecule has 0 unspecified atom stereocenters. The van der Waals surface area contributed by atoms with Crippen molar-refractivity contribution in [1.29, 1.82) is 0 Å². The molecule has 0 saturated carbocycles. The molecule has 0 bridgehead atoms. The van der Waals surface area contributed by atoms with Gasteiger partial charge in [-0.2, -0.15) is 0 Å². The lowest BCUT2D eigenvalue weighted by Gasteiger charge is -2.03. The molecular weight excluding hydrogens is 234 g/mol. The number of rotatable bonds is 3. The summed E-state index contributed by atoms with van der Waals surface area (Å²) in [6.07, 6.45) is 2.43. The lowest BCUT2D eigenvalue weighted by atomic mass is 10.1. The van der Waals surface area contributed by atoms with Crippen LogP contribution in [0.25, 0.3) is 0 Å². The Balaban J connectivity index is 2.32. The number of hydrogen-bond acceptors (Lipinski definition) is 4. The van der Waals surface area contributed by atoms with Gasteiger partial charge in [0.2, 0.25) is 0 Å². The van der Waals surface area contributed by atoms with Gasteiger partial charge in [-0.3, -0.25) is 4.98 Å². The van der Waals surface area contributed by atoms with E-state index in [1.54, 1.807) is 6.20 Å². The van der Waals surface area contributed by atoms with Crippen molar-refractivity contribution in [3.63, 3.8) is 0 Å². The highest BCUT2D eigenvalue weighted by Crippen LogP contribution is 2.25. The molecular formula is C13H13NO2S. The molecule has 2 heterocycles. The lowest BCUT2D eigenvalue weighted by molar-refractivity contribution is 0.0605. The molecule has 0 fully saturated rings. The zero-order valence-electron chi connectivity index (χ0n) is 9.77. The van der Waals surface area contributed by atoms with E-state index >= 15 is 0 Å². The van der Waals surface area contributed by atoms with Crippen molar-refractivity contribution in [2.45, 2.75) is 13.3 Å². The third-order valence-corrected chi connectivity index (χ3v) is 3.68. The molecule has 0 radical (unpaired) electrons. The molecule has 3 nitrogen and oxygen atoms in total. The fraction of sp³-hybridized carbons (Fsp3) is 0.231. The van der Waals surface area contributed by atoms with Crippen LogP contribution in [0.15, 0.2) is 29.8 Å². The van der Waals surface area contributed by atoms with Gasteiger partial charge in [-0.15, -0.1) is 11.3 Å². The Morgan fingerprint density at radius 1 is 1.47 bits per heavy atom. The van der Waals surface area contributed by atoms with Gasteiger partial charge in [-0.1, -0.05) is 6.07 Å². The molecule has 0 aromatic carbocycles. The Bertz CT molecular complexity index is 519. The van der Waals surface area contributed by atoms with E-state index in [0.29, 0.717) is 11.3 Å². The van der Waals surface area contributed by atoms with Crippen LogP contribution in [0, 0.1) is 6.92 Å².